The lowest BCUT2D eigenvalue weighted by Crippen LogP contribution is -2.25. The summed E-state index contributed by atoms with van der Waals surface area (Å²) in [6, 6.07) is 2.55. The van der Waals surface area contributed by atoms with Gasteiger partial charge < -0.3 is 14.8 Å². The summed E-state index contributed by atoms with van der Waals surface area (Å²) < 4.78 is 10.8. The largest absolute Gasteiger partial charge is 0.493 e. The van der Waals surface area contributed by atoms with Crippen LogP contribution in [0, 0.1) is 10.1 Å². The standard InChI is InChI=1S/C17H21N3O5S/c1-3-4-5-6-18-17(21)13-7-15(24-2)16(8-14(13)20(22)23)25-9-12-10-26-11-19-12/h7-8,10-11H,3-6,9H2,1-2H3,(H,18,21). The minimum Gasteiger partial charge on any atom is -0.493 e. The van der Waals surface area contributed by atoms with E-state index in [1.807, 2.05) is 5.38 Å². The van der Waals surface area contributed by atoms with E-state index in [4.69, 9.17) is 9.47 Å². The number of nitrogens with one attached hydrogen (secondary N) is 1. The van der Waals surface area contributed by atoms with Crippen LogP contribution in [0.3, 0.4) is 0 Å². The second-order valence-corrected chi connectivity index (χ2v) is 6.23. The van der Waals surface area contributed by atoms with Gasteiger partial charge in [-0.25, -0.2) is 4.98 Å². The fourth-order valence-electron chi connectivity index (χ4n) is 2.29. The molecule has 2 rings (SSSR count). The molecule has 1 N–H and O–H groups in total. The van der Waals surface area contributed by atoms with Gasteiger partial charge in [-0.3, -0.25) is 14.9 Å². The lowest BCUT2D eigenvalue weighted by Gasteiger charge is -2.12. The van der Waals surface area contributed by atoms with Crippen molar-refractivity contribution in [3.63, 3.8) is 0 Å². The van der Waals surface area contributed by atoms with Crippen LogP contribution in [0.4, 0.5) is 5.69 Å². The van der Waals surface area contributed by atoms with Gasteiger partial charge in [0.25, 0.3) is 11.6 Å². The zero-order valence-electron chi connectivity index (χ0n) is 14.7. The highest BCUT2D eigenvalue weighted by Gasteiger charge is 2.24. The average molecular weight is 379 g/mol. The molecule has 0 aliphatic heterocycles. The molecule has 1 aromatic carbocycles. The van der Waals surface area contributed by atoms with E-state index in [1.54, 1.807) is 5.51 Å². The van der Waals surface area contributed by atoms with E-state index in [1.165, 1.54) is 30.6 Å². The minimum absolute atomic E-state index is 0.0515. The predicted octanol–water partition coefficient (Wildman–Crippen LogP) is 3.56. The third-order valence-corrected chi connectivity index (χ3v) is 4.28. The van der Waals surface area contributed by atoms with Gasteiger partial charge in [-0.1, -0.05) is 19.8 Å². The Morgan fingerprint density at radius 2 is 2.15 bits per heavy atom. The number of rotatable bonds is 10. The summed E-state index contributed by atoms with van der Waals surface area (Å²) in [7, 11) is 1.42. The number of methoxy groups -OCH3 is 1. The van der Waals surface area contributed by atoms with Crippen molar-refractivity contribution in [1.82, 2.24) is 10.3 Å². The lowest BCUT2D eigenvalue weighted by molar-refractivity contribution is -0.385. The van der Waals surface area contributed by atoms with E-state index in [0.29, 0.717) is 12.2 Å². The highest BCUT2D eigenvalue weighted by Crippen LogP contribution is 2.35. The number of nitrogens with zero attached hydrogens (tertiary/aromatic N) is 2. The number of unbranched alkanes of at least 4 members (excludes halogenated alkanes) is 2. The Bertz CT molecular complexity index is 749. The Labute approximate surface area is 155 Å². The lowest BCUT2D eigenvalue weighted by atomic mass is 10.1. The summed E-state index contributed by atoms with van der Waals surface area (Å²) in [5.74, 6) is -0.0589. The fourth-order valence-corrected chi connectivity index (χ4v) is 2.83. The predicted molar refractivity (Wildman–Crippen MR) is 98.0 cm³/mol. The Kier molecular flexibility index (Phi) is 7.34. The molecule has 0 atom stereocenters. The van der Waals surface area contributed by atoms with Crippen LogP contribution in [0.2, 0.25) is 0 Å². The quantitative estimate of drug-likeness (QED) is 0.384. The van der Waals surface area contributed by atoms with Gasteiger partial charge in [0.05, 0.1) is 29.3 Å². The molecule has 0 fully saturated rings. The molecule has 26 heavy (non-hydrogen) atoms. The number of thiazole rings is 1. The second kappa shape index (κ2) is 9.71. The van der Waals surface area contributed by atoms with Crippen molar-refractivity contribution in [1.29, 1.82) is 0 Å². The van der Waals surface area contributed by atoms with Gasteiger partial charge in [-0.15, -0.1) is 11.3 Å². The molecule has 0 unspecified atom stereocenters. The van der Waals surface area contributed by atoms with Gasteiger partial charge >= 0.3 is 0 Å². The van der Waals surface area contributed by atoms with E-state index >= 15 is 0 Å². The van der Waals surface area contributed by atoms with Crippen molar-refractivity contribution in [2.75, 3.05) is 13.7 Å². The molecule has 1 amide bonds. The van der Waals surface area contributed by atoms with Crippen LogP contribution in [0.15, 0.2) is 23.0 Å². The molecular formula is C17H21N3O5S. The molecule has 1 aromatic heterocycles. The van der Waals surface area contributed by atoms with Crippen LogP contribution in [0.25, 0.3) is 0 Å². The topological polar surface area (TPSA) is 104 Å². The maximum atomic E-state index is 12.3. The molecule has 0 radical (unpaired) electrons. The monoisotopic (exact) mass is 379 g/mol. The van der Waals surface area contributed by atoms with Crippen LogP contribution >= 0.6 is 11.3 Å². The molecule has 1 heterocycles. The number of ether oxygens (including phenoxy) is 2. The average Bonchev–Trinajstić information content (AvgIpc) is 3.16. The van der Waals surface area contributed by atoms with Crippen LogP contribution in [0.5, 0.6) is 11.5 Å². The third-order valence-electron chi connectivity index (χ3n) is 3.65. The summed E-state index contributed by atoms with van der Waals surface area (Å²) >= 11 is 1.43. The maximum absolute atomic E-state index is 12.3. The number of hydrogen-bond acceptors (Lipinski definition) is 7. The summed E-state index contributed by atoms with van der Waals surface area (Å²) in [6.07, 6.45) is 2.83. The van der Waals surface area contributed by atoms with Gasteiger partial charge in [0.15, 0.2) is 11.5 Å². The van der Waals surface area contributed by atoms with E-state index in [9.17, 15) is 14.9 Å². The molecule has 0 spiro atoms. The van der Waals surface area contributed by atoms with E-state index in [2.05, 4.69) is 17.2 Å². The van der Waals surface area contributed by atoms with Crippen molar-refractivity contribution < 1.29 is 19.2 Å². The number of nitro groups is 1. The molecular weight excluding hydrogens is 358 g/mol. The molecule has 8 nitrogen and oxygen atoms in total. The van der Waals surface area contributed by atoms with Crippen molar-refractivity contribution in [3.05, 3.63) is 44.4 Å². The first-order valence-electron chi connectivity index (χ1n) is 8.21. The second-order valence-electron chi connectivity index (χ2n) is 5.51. The first-order valence-corrected chi connectivity index (χ1v) is 9.15. The van der Waals surface area contributed by atoms with Crippen LogP contribution in [-0.4, -0.2) is 29.5 Å². The molecule has 0 aliphatic carbocycles. The SMILES string of the molecule is CCCCCNC(=O)c1cc(OC)c(OCc2cscn2)cc1[N+](=O)[O-]. The zero-order valence-corrected chi connectivity index (χ0v) is 15.5. The summed E-state index contributed by atoms with van der Waals surface area (Å²) in [5.41, 5.74) is 2.00. The summed E-state index contributed by atoms with van der Waals surface area (Å²) in [4.78, 5) is 27.2. The number of benzene rings is 1. The Morgan fingerprint density at radius 3 is 2.77 bits per heavy atom. The number of hydrogen-bond donors (Lipinski definition) is 1. The first-order chi connectivity index (χ1) is 12.6. The molecule has 9 heteroatoms. The van der Waals surface area contributed by atoms with Gasteiger partial charge in [-0.05, 0) is 6.42 Å². The smallest absolute Gasteiger partial charge is 0.286 e. The summed E-state index contributed by atoms with van der Waals surface area (Å²) in [5, 5.41) is 15.9. The van der Waals surface area contributed by atoms with E-state index in [0.717, 1.165) is 19.3 Å². The van der Waals surface area contributed by atoms with Crippen molar-refractivity contribution >= 4 is 22.9 Å². The summed E-state index contributed by atoms with van der Waals surface area (Å²) in [6.45, 7) is 2.68. The fraction of sp³-hybridized carbons (Fsp3) is 0.412. The van der Waals surface area contributed by atoms with Crippen LogP contribution < -0.4 is 14.8 Å². The first kappa shape index (κ1) is 19.6. The Balaban J connectivity index is 2.22. The normalized spacial score (nSPS) is 10.4. The molecule has 2 aromatic rings. The van der Waals surface area contributed by atoms with Gasteiger partial charge in [-0.2, -0.15) is 0 Å². The Morgan fingerprint density at radius 1 is 1.35 bits per heavy atom. The number of nitro benzene ring substituents is 1. The molecule has 0 aliphatic rings. The number of carbonyl (C=O) groups excluding carboxylic acids is 1. The molecule has 140 valence electrons. The highest BCUT2D eigenvalue weighted by molar-refractivity contribution is 7.07. The number of carbonyl (C=O) groups is 1. The van der Waals surface area contributed by atoms with Crippen molar-refractivity contribution in [2.24, 2.45) is 0 Å². The van der Waals surface area contributed by atoms with Gasteiger partial charge in [0.2, 0.25) is 0 Å². The van der Waals surface area contributed by atoms with Crippen LogP contribution in [0.1, 0.15) is 42.2 Å². The van der Waals surface area contributed by atoms with Crippen molar-refractivity contribution in [2.45, 2.75) is 32.8 Å². The maximum Gasteiger partial charge on any atom is 0.286 e. The van der Waals surface area contributed by atoms with Crippen LogP contribution in [-0.2, 0) is 6.61 Å². The Hall–Kier alpha value is -2.68. The third kappa shape index (κ3) is 5.16. The molecule has 0 bridgehead atoms. The number of amides is 1. The minimum atomic E-state index is -0.601. The van der Waals surface area contributed by atoms with Gasteiger partial charge in [0, 0.05) is 18.0 Å². The van der Waals surface area contributed by atoms with E-state index < -0.39 is 10.8 Å². The number of aromatic nitrogens is 1. The molecule has 0 saturated carbocycles. The highest BCUT2D eigenvalue weighted by atomic mass is 32.1. The van der Waals surface area contributed by atoms with Crippen molar-refractivity contribution in [3.8, 4) is 11.5 Å². The molecule has 0 saturated heterocycles. The van der Waals surface area contributed by atoms with E-state index in [-0.39, 0.29) is 29.4 Å². The van der Waals surface area contributed by atoms with Gasteiger partial charge in [0.1, 0.15) is 12.2 Å². The zero-order chi connectivity index (χ0) is 18.9.